The number of amides is 3. The second-order valence-electron chi connectivity index (χ2n) is 3.31. The maximum Gasteiger partial charge on any atom is 0.418 e. The molecule has 3 N–H and O–H groups in total. The smallest absolute Gasteiger partial charge is 0.418 e. The number of nitrogens with two attached hydrogens (primary N) is 1. The minimum Gasteiger partial charge on any atom is -0.449 e. The van der Waals surface area contributed by atoms with Crippen LogP contribution in [-0.4, -0.2) is 36.7 Å². The Kier molecular flexibility index (Phi) is 6.95. The van der Waals surface area contributed by atoms with Gasteiger partial charge < -0.3 is 15.8 Å². The highest BCUT2D eigenvalue weighted by Crippen LogP contribution is 1.95. The van der Waals surface area contributed by atoms with Crippen molar-refractivity contribution in [2.45, 2.75) is 20.8 Å². The van der Waals surface area contributed by atoms with Gasteiger partial charge in [-0.2, -0.15) is 0 Å². The zero-order chi connectivity index (χ0) is 12.6. The molecule has 16 heavy (non-hydrogen) atoms. The molecule has 0 aliphatic heterocycles. The number of nitrogens with zero attached hydrogens (tertiary/aromatic N) is 1. The summed E-state index contributed by atoms with van der Waals surface area (Å²) in [7, 11) is 0. The summed E-state index contributed by atoms with van der Waals surface area (Å²) < 4.78 is 4.73. The van der Waals surface area contributed by atoms with Crippen LogP contribution in [0.15, 0.2) is 11.8 Å². The van der Waals surface area contributed by atoms with E-state index in [1.54, 1.807) is 6.92 Å². The molecule has 0 aliphatic carbocycles. The first-order valence-electron chi connectivity index (χ1n) is 5.11. The number of nitrogens with one attached hydrogen (secondary N) is 1. The normalized spacial score (nSPS) is 9.25. The molecule has 0 aromatic carbocycles. The summed E-state index contributed by atoms with van der Waals surface area (Å²) in [6, 6.07) is -0.537. The largest absolute Gasteiger partial charge is 0.449 e. The van der Waals surface area contributed by atoms with E-state index in [2.05, 4.69) is 5.32 Å². The van der Waals surface area contributed by atoms with E-state index in [1.807, 2.05) is 13.8 Å². The van der Waals surface area contributed by atoms with Crippen molar-refractivity contribution < 1.29 is 14.3 Å². The van der Waals surface area contributed by atoms with Crippen molar-refractivity contribution in [3.63, 3.8) is 0 Å². The number of ether oxygens (including phenoxy) is 1. The Hall–Kier alpha value is -1.56. The Morgan fingerprint density at radius 3 is 2.50 bits per heavy atom. The first-order valence-corrected chi connectivity index (χ1v) is 5.11. The number of allylic oxidation sites excluding steroid dienone is 1. The predicted octanol–water partition coefficient (Wildman–Crippen LogP) is 1.04. The van der Waals surface area contributed by atoms with Gasteiger partial charge in [0.05, 0.1) is 6.61 Å². The van der Waals surface area contributed by atoms with Gasteiger partial charge in [-0.3, -0.25) is 0 Å². The van der Waals surface area contributed by atoms with E-state index in [4.69, 9.17) is 10.5 Å². The topological polar surface area (TPSA) is 84.7 Å². The van der Waals surface area contributed by atoms with Gasteiger partial charge in [-0.25, -0.2) is 14.5 Å². The zero-order valence-electron chi connectivity index (χ0n) is 9.95. The SMILES string of the molecule is CCOC(=O)N(CCN)C(=O)NC=C(C)C. The number of imide groups is 1. The van der Waals surface area contributed by atoms with Crippen LogP contribution in [0, 0.1) is 0 Å². The monoisotopic (exact) mass is 229 g/mol. The third-order valence-corrected chi connectivity index (χ3v) is 1.57. The highest BCUT2D eigenvalue weighted by molar-refractivity contribution is 5.91. The fourth-order valence-electron chi connectivity index (χ4n) is 0.890. The molecule has 0 atom stereocenters. The number of rotatable bonds is 4. The number of hydrogen-bond acceptors (Lipinski definition) is 4. The molecule has 0 heterocycles. The van der Waals surface area contributed by atoms with Crippen molar-refractivity contribution in [3.8, 4) is 0 Å². The molecule has 6 nitrogen and oxygen atoms in total. The van der Waals surface area contributed by atoms with Crippen LogP contribution in [0.4, 0.5) is 9.59 Å². The average molecular weight is 229 g/mol. The molecule has 0 fully saturated rings. The van der Waals surface area contributed by atoms with Crippen LogP contribution < -0.4 is 11.1 Å². The molecule has 0 saturated carbocycles. The van der Waals surface area contributed by atoms with E-state index in [0.29, 0.717) is 0 Å². The molecular weight excluding hydrogens is 210 g/mol. The highest BCUT2D eigenvalue weighted by atomic mass is 16.6. The van der Waals surface area contributed by atoms with E-state index in [1.165, 1.54) is 6.20 Å². The van der Waals surface area contributed by atoms with Crippen molar-refractivity contribution >= 4 is 12.1 Å². The van der Waals surface area contributed by atoms with Gasteiger partial charge in [0.25, 0.3) is 0 Å². The van der Waals surface area contributed by atoms with Gasteiger partial charge in [-0.05, 0) is 20.8 Å². The Labute approximate surface area is 95.4 Å². The zero-order valence-corrected chi connectivity index (χ0v) is 9.95. The van der Waals surface area contributed by atoms with Gasteiger partial charge in [-0.1, -0.05) is 5.57 Å². The molecule has 0 bridgehead atoms. The van der Waals surface area contributed by atoms with Crippen molar-refractivity contribution in [1.82, 2.24) is 10.2 Å². The second kappa shape index (κ2) is 7.70. The molecule has 0 saturated heterocycles. The second-order valence-corrected chi connectivity index (χ2v) is 3.31. The Morgan fingerprint density at radius 1 is 1.44 bits per heavy atom. The summed E-state index contributed by atoms with van der Waals surface area (Å²) in [5, 5.41) is 2.47. The molecule has 92 valence electrons. The summed E-state index contributed by atoms with van der Waals surface area (Å²) in [6.07, 6.45) is 0.832. The van der Waals surface area contributed by atoms with Crippen LogP contribution in [0.1, 0.15) is 20.8 Å². The predicted molar refractivity (Wildman–Crippen MR) is 60.7 cm³/mol. The van der Waals surface area contributed by atoms with Gasteiger partial charge in [0, 0.05) is 19.3 Å². The van der Waals surface area contributed by atoms with Crippen LogP contribution in [0.25, 0.3) is 0 Å². The molecule has 0 spiro atoms. The quantitative estimate of drug-likeness (QED) is 0.754. The van der Waals surface area contributed by atoms with Crippen molar-refractivity contribution in [2.75, 3.05) is 19.7 Å². The van der Waals surface area contributed by atoms with E-state index in [9.17, 15) is 9.59 Å². The lowest BCUT2D eigenvalue weighted by Gasteiger charge is -2.18. The molecule has 0 rings (SSSR count). The molecule has 0 aromatic heterocycles. The molecular formula is C10H19N3O3. The number of hydrogen-bond donors (Lipinski definition) is 2. The minimum atomic E-state index is -0.687. The number of carbonyl (C=O) groups excluding carboxylic acids is 2. The first kappa shape index (κ1) is 14.4. The minimum absolute atomic E-state index is 0.126. The summed E-state index contributed by atoms with van der Waals surface area (Å²) in [4.78, 5) is 23.9. The standard InChI is InChI=1S/C10H19N3O3/c1-4-16-10(15)13(6-5-11)9(14)12-7-8(2)3/h7H,4-6,11H2,1-3H3,(H,12,14). The summed E-state index contributed by atoms with van der Waals surface area (Å²) >= 11 is 0. The first-order chi connectivity index (χ1) is 7.52. The average Bonchev–Trinajstić information content (AvgIpc) is 2.22. The van der Waals surface area contributed by atoms with E-state index in [-0.39, 0.29) is 19.7 Å². The third-order valence-electron chi connectivity index (χ3n) is 1.57. The van der Waals surface area contributed by atoms with Crippen molar-refractivity contribution in [1.29, 1.82) is 0 Å². The summed E-state index contributed by atoms with van der Waals surface area (Å²) in [5.74, 6) is 0. The lowest BCUT2D eigenvalue weighted by atomic mass is 10.4. The van der Waals surface area contributed by atoms with Gasteiger partial charge in [0.15, 0.2) is 0 Å². The fraction of sp³-hybridized carbons (Fsp3) is 0.600. The van der Waals surface area contributed by atoms with Crippen LogP contribution in [0.5, 0.6) is 0 Å². The van der Waals surface area contributed by atoms with Crippen LogP contribution in [0.2, 0.25) is 0 Å². The van der Waals surface area contributed by atoms with Crippen molar-refractivity contribution in [2.24, 2.45) is 5.73 Å². The van der Waals surface area contributed by atoms with Gasteiger partial charge >= 0.3 is 12.1 Å². The summed E-state index contributed by atoms with van der Waals surface area (Å²) in [5.41, 5.74) is 6.23. The van der Waals surface area contributed by atoms with Crippen molar-refractivity contribution in [3.05, 3.63) is 11.8 Å². The third kappa shape index (κ3) is 5.35. The maximum atomic E-state index is 11.6. The Morgan fingerprint density at radius 2 is 2.06 bits per heavy atom. The van der Waals surface area contributed by atoms with E-state index >= 15 is 0 Å². The molecule has 0 radical (unpaired) electrons. The molecule has 0 unspecified atom stereocenters. The maximum absolute atomic E-state index is 11.6. The Balaban J connectivity index is 4.45. The van der Waals surface area contributed by atoms with E-state index < -0.39 is 12.1 Å². The molecule has 0 aliphatic rings. The van der Waals surface area contributed by atoms with Crippen LogP contribution in [-0.2, 0) is 4.74 Å². The molecule has 3 amide bonds. The molecule has 6 heteroatoms. The highest BCUT2D eigenvalue weighted by Gasteiger charge is 2.20. The van der Waals surface area contributed by atoms with Crippen LogP contribution in [0.3, 0.4) is 0 Å². The van der Waals surface area contributed by atoms with Crippen LogP contribution >= 0.6 is 0 Å². The lowest BCUT2D eigenvalue weighted by molar-refractivity contribution is 0.116. The Bertz CT molecular complexity index is 272. The summed E-state index contributed by atoms with van der Waals surface area (Å²) in [6.45, 7) is 5.88. The number of urea groups is 1. The number of carbonyl (C=O) groups is 2. The lowest BCUT2D eigenvalue weighted by Crippen LogP contribution is -2.44. The van der Waals surface area contributed by atoms with E-state index in [0.717, 1.165) is 10.5 Å². The molecule has 0 aromatic rings. The fourth-order valence-corrected chi connectivity index (χ4v) is 0.890. The van der Waals surface area contributed by atoms with Gasteiger partial charge in [0.2, 0.25) is 0 Å². The van der Waals surface area contributed by atoms with Gasteiger partial charge in [0.1, 0.15) is 0 Å². The van der Waals surface area contributed by atoms with Gasteiger partial charge in [-0.15, -0.1) is 0 Å².